The summed E-state index contributed by atoms with van der Waals surface area (Å²) in [5.41, 5.74) is 5.06. The van der Waals surface area contributed by atoms with Gasteiger partial charge in [0.25, 0.3) is 0 Å². The van der Waals surface area contributed by atoms with Gasteiger partial charge < -0.3 is 15.4 Å². The van der Waals surface area contributed by atoms with Crippen LogP contribution < -0.4 is 5.73 Å². The summed E-state index contributed by atoms with van der Waals surface area (Å²) >= 11 is 0. The van der Waals surface area contributed by atoms with Gasteiger partial charge in [-0.2, -0.15) is 0 Å². The third-order valence-corrected chi connectivity index (χ3v) is 3.23. The number of ether oxygens (including phenoxy) is 1. The van der Waals surface area contributed by atoms with E-state index in [1.165, 1.54) is 7.11 Å². The number of likely N-dealkylation sites (N-methyl/N-ethyl adjacent to an activating group) is 2. The Morgan fingerprint density at radius 3 is 2.39 bits per heavy atom. The molecule has 18 heavy (non-hydrogen) atoms. The number of nitrogens with two attached hydrogens (primary N) is 1. The minimum Gasteiger partial charge on any atom is -0.468 e. The van der Waals surface area contributed by atoms with E-state index in [0.29, 0.717) is 12.5 Å². The summed E-state index contributed by atoms with van der Waals surface area (Å²) < 4.78 is 4.72. The van der Waals surface area contributed by atoms with Crippen LogP contribution in [0.25, 0.3) is 0 Å². The van der Waals surface area contributed by atoms with Crippen LogP contribution in [0.2, 0.25) is 0 Å². The first kappa shape index (κ1) is 17.4. The van der Waals surface area contributed by atoms with Crippen molar-refractivity contribution in [3.8, 4) is 0 Å². The highest BCUT2D eigenvalue weighted by atomic mass is 16.5. The molecule has 0 heterocycles. The number of hydrogen-bond acceptors (Lipinski definition) is 5. The average molecular weight is 259 g/mol. The molecule has 0 aliphatic heterocycles. The van der Waals surface area contributed by atoms with Gasteiger partial charge >= 0.3 is 5.97 Å². The Kier molecular flexibility index (Phi) is 7.43. The molecule has 2 N–H and O–H groups in total. The van der Waals surface area contributed by atoms with Crippen LogP contribution in [0.15, 0.2) is 0 Å². The fraction of sp³-hybridized carbons (Fsp3) is 0.923. The van der Waals surface area contributed by atoms with Crippen LogP contribution in [-0.2, 0) is 9.53 Å². The van der Waals surface area contributed by atoms with E-state index >= 15 is 0 Å². The molecule has 108 valence electrons. The predicted octanol–water partition coefficient (Wildman–Crippen LogP) is 0.539. The molecule has 0 amide bonds. The predicted molar refractivity (Wildman–Crippen MR) is 74.5 cm³/mol. The smallest absolute Gasteiger partial charge is 0.325 e. The summed E-state index contributed by atoms with van der Waals surface area (Å²) in [6, 6.07) is 0.443. The number of esters is 1. The first-order chi connectivity index (χ1) is 8.24. The SMILES string of the molecule is CCN(CCC(C)(N)C(=O)OC)C(C)CN(C)C. The second kappa shape index (κ2) is 7.71. The van der Waals surface area contributed by atoms with Gasteiger partial charge in [-0.3, -0.25) is 9.69 Å². The zero-order chi connectivity index (χ0) is 14.3. The molecule has 0 rings (SSSR count). The Labute approximate surface area is 111 Å². The average Bonchev–Trinajstić information content (AvgIpc) is 2.27. The van der Waals surface area contributed by atoms with E-state index in [9.17, 15) is 4.79 Å². The van der Waals surface area contributed by atoms with Gasteiger partial charge in [-0.05, 0) is 40.9 Å². The maximum Gasteiger partial charge on any atom is 0.325 e. The van der Waals surface area contributed by atoms with Crippen LogP contribution in [0.4, 0.5) is 0 Å². The lowest BCUT2D eigenvalue weighted by atomic mass is 9.99. The summed E-state index contributed by atoms with van der Waals surface area (Å²) in [7, 11) is 5.50. The minimum atomic E-state index is -0.903. The number of carbonyl (C=O) groups excluding carboxylic acids is 1. The van der Waals surface area contributed by atoms with Crippen LogP contribution in [0, 0.1) is 0 Å². The highest BCUT2D eigenvalue weighted by Crippen LogP contribution is 2.11. The van der Waals surface area contributed by atoms with Crippen molar-refractivity contribution in [2.45, 2.75) is 38.8 Å². The molecule has 5 nitrogen and oxygen atoms in total. The molecule has 0 spiro atoms. The summed E-state index contributed by atoms with van der Waals surface area (Å²) in [6.45, 7) is 8.78. The van der Waals surface area contributed by atoms with E-state index in [2.05, 4.69) is 37.7 Å². The van der Waals surface area contributed by atoms with E-state index in [0.717, 1.165) is 19.6 Å². The van der Waals surface area contributed by atoms with Gasteiger partial charge in [0.05, 0.1) is 7.11 Å². The molecular formula is C13H29N3O2. The van der Waals surface area contributed by atoms with Gasteiger partial charge in [-0.15, -0.1) is 0 Å². The van der Waals surface area contributed by atoms with Crippen molar-refractivity contribution in [1.82, 2.24) is 9.80 Å². The largest absolute Gasteiger partial charge is 0.468 e. The molecule has 5 heteroatoms. The van der Waals surface area contributed by atoms with Crippen LogP contribution in [0.5, 0.6) is 0 Å². The van der Waals surface area contributed by atoms with Crippen molar-refractivity contribution in [3.63, 3.8) is 0 Å². The first-order valence-corrected chi connectivity index (χ1v) is 6.50. The lowest BCUT2D eigenvalue weighted by Gasteiger charge is -2.32. The molecule has 2 atom stereocenters. The zero-order valence-corrected chi connectivity index (χ0v) is 12.7. The Balaban J connectivity index is 4.34. The molecule has 0 aromatic heterocycles. The molecule has 0 fully saturated rings. The van der Waals surface area contributed by atoms with E-state index in [-0.39, 0.29) is 5.97 Å². The van der Waals surface area contributed by atoms with Crippen LogP contribution in [0.3, 0.4) is 0 Å². The molecule has 0 aliphatic rings. The standard InChI is InChI=1S/C13H29N3O2/c1-7-16(11(2)10-15(4)5)9-8-13(3,14)12(17)18-6/h11H,7-10,14H2,1-6H3. The molecule has 0 aliphatic carbocycles. The number of methoxy groups -OCH3 is 1. The Morgan fingerprint density at radius 1 is 1.44 bits per heavy atom. The van der Waals surface area contributed by atoms with E-state index < -0.39 is 5.54 Å². The van der Waals surface area contributed by atoms with Crippen molar-refractivity contribution in [2.24, 2.45) is 5.73 Å². The maximum atomic E-state index is 11.5. The van der Waals surface area contributed by atoms with Crippen LogP contribution in [0.1, 0.15) is 27.2 Å². The normalized spacial score (nSPS) is 16.7. The van der Waals surface area contributed by atoms with Gasteiger partial charge in [-0.1, -0.05) is 6.92 Å². The van der Waals surface area contributed by atoms with Gasteiger partial charge in [0.2, 0.25) is 0 Å². The van der Waals surface area contributed by atoms with Gasteiger partial charge in [0.15, 0.2) is 0 Å². The summed E-state index contributed by atoms with van der Waals surface area (Å²) in [6.07, 6.45) is 0.602. The van der Waals surface area contributed by atoms with Crippen molar-refractivity contribution in [3.05, 3.63) is 0 Å². The third kappa shape index (κ3) is 5.80. The third-order valence-electron chi connectivity index (χ3n) is 3.23. The van der Waals surface area contributed by atoms with Gasteiger partial charge in [0, 0.05) is 19.1 Å². The molecule has 0 aromatic rings. The van der Waals surface area contributed by atoms with E-state index in [4.69, 9.17) is 10.5 Å². The van der Waals surface area contributed by atoms with Crippen molar-refractivity contribution >= 4 is 5.97 Å². The molecule has 0 saturated carbocycles. The Hall–Kier alpha value is -0.650. The van der Waals surface area contributed by atoms with Crippen molar-refractivity contribution in [2.75, 3.05) is 40.8 Å². The summed E-state index contributed by atoms with van der Waals surface area (Å²) in [4.78, 5) is 16.0. The zero-order valence-electron chi connectivity index (χ0n) is 12.7. The number of hydrogen-bond donors (Lipinski definition) is 1. The van der Waals surface area contributed by atoms with Crippen molar-refractivity contribution < 1.29 is 9.53 Å². The molecular weight excluding hydrogens is 230 g/mol. The monoisotopic (exact) mass is 259 g/mol. The van der Waals surface area contributed by atoms with Gasteiger partial charge in [-0.25, -0.2) is 0 Å². The maximum absolute atomic E-state index is 11.5. The van der Waals surface area contributed by atoms with Crippen LogP contribution in [-0.4, -0.2) is 68.2 Å². The molecule has 0 bridgehead atoms. The Bertz CT molecular complexity index is 255. The van der Waals surface area contributed by atoms with Gasteiger partial charge in [0.1, 0.15) is 5.54 Å². The lowest BCUT2D eigenvalue weighted by Crippen LogP contribution is -2.49. The molecule has 2 unspecified atom stereocenters. The second-order valence-electron chi connectivity index (χ2n) is 5.40. The lowest BCUT2D eigenvalue weighted by molar-refractivity contribution is -0.146. The fourth-order valence-corrected chi connectivity index (χ4v) is 2.05. The molecule has 0 saturated heterocycles. The van der Waals surface area contributed by atoms with Crippen molar-refractivity contribution in [1.29, 1.82) is 0 Å². The quantitative estimate of drug-likeness (QED) is 0.645. The minimum absolute atomic E-state index is 0.348. The second-order valence-corrected chi connectivity index (χ2v) is 5.40. The molecule has 0 radical (unpaired) electrons. The summed E-state index contributed by atoms with van der Waals surface area (Å²) in [5.74, 6) is -0.348. The molecule has 0 aromatic carbocycles. The van der Waals surface area contributed by atoms with Crippen LogP contribution >= 0.6 is 0 Å². The van der Waals surface area contributed by atoms with E-state index in [1.807, 2.05) is 0 Å². The number of rotatable bonds is 8. The number of carbonyl (C=O) groups is 1. The highest BCUT2D eigenvalue weighted by molar-refractivity contribution is 5.79. The highest BCUT2D eigenvalue weighted by Gasteiger charge is 2.30. The summed E-state index contributed by atoms with van der Waals surface area (Å²) in [5, 5.41) is 0. The fourth-order valence-electron chi connectivity index (χ4n) is 2.05. The number of nitrogens with zero attached hydrogens (tertiary/aromatic N) is 2. The van der Waals surface area contributed by atoms with E-state index in [1.54, 1.807) is 6.92 Å². The topological polar surface area (TPSA) is 58.8 Å². The first-order valence-electron chi connectivity index (χ1n) is 6.50. The Morgan fingerprint density at radius 2 is 2.00 bits per heavy atom.